The van der Waals surface area contributed by atoms with Crippen LogP contribution in [0.5, 0.6) is 5.75 Å². The van der Waals surface area contributed by atoms with E-state index < -0.39 is 0 Å². The van der Waals surface area contributed by atoms with E-state index >= 15 is 0 Å². The second-order valence-electron chi connectivity index (χ2n) is 7.65. The summed E-state index contributed by atoms with van der Waals surface area (Å²) in [7, 11) is 0. The maximum Gasteiger partial charge on any atom is 0.282 e. The van der Waals surface area contributed by atoms with Crippen LogP contribution in [0.4, 0.5) is 0 Å². The minimum Gasteiger partial charge on any atom is -0.489 e. The van der Waals surface area contributed by atoms with Crippen molar-refractivity contribution >= 4 is 33.0 Å². The zero-order valence-electron chi connectivity index (χ0n) is 18.0. The van der Waals surface area contributed by atoms with Crippen LogP contribution in [0, 0.1) is 0 Å². The molecule has 0 bridgehead atoms. The molecule has 1 aromatic heterocycles. The molecule has 32 heavy (non-hydrogen) atoms. The van der Waals surface area contributed by atoms with Crippen molar-refractivity contribution in [2.45, 2.75) is 32.8 Å². The maximum atomic E-state index is 13.2. The summed E-state index contributed by atoms with van der Waals surface area (Å²) in [5.74, 6) is 1.49. The van der Waals surface area contributed by atoms with Crippen molar-refractivity contribution in [2.75, 3.05) is 0 Å². The first-order valence-electron chi connectivity index (χ1n) is 10.6. The second-order valence-corrected chi connectivity index (χ2v) is 8.56. The third-order valence-corrected chi connectivity index (χ3v) is 5.81. The highest BCUT2D eigenvalue weighted by Gasteiger charge is 2.15. The zero-order valence-corrected chi connectivity index (χ0v) is 19.6. The van der Waals surface area contributed by atoms with Crippen LogP contribution in [0.2, 0.25) is 0 Å². The number of aromatic nitrogens is 2. The number of hydrogen-bond acceptors (Lipinski definition) is 4. The first-order chi connectivity index (χ1) is 15.5. The van der Waals surface area contributed by atoms with Crippen molar-refractivity contribution in [1.82, 2.24) is 9.66 Å². The lowest BCUT2D eigenvalue weighted by Gasteiger charge is -2.14. The summed E-state index contributed by atoms with van der Waals surface area (Å²) in [5, 5.41) is 5.06. The molecular formula is C26H24BrN3O2. The fourth-order valence-electron chi connectivity index (χ4n) is 3.33. The first-order valence-corrected chi connectivity index (χ1v) is 11.4. The number of hydrogen-bond donors (Lipinski definition) is 0. The smallest absolute Gasteiger partial charge is 0.282 e. The van der Waals surface area contributed by atoms with Crippen molar-refractivity contribution in [3.05, 3.63) is 105 Å². The van der Waals surface area contributed by atoms with Gasteiger partial charge < -0.3 is 4.74 Å². The lowest BCUT2D eigenvalue weighted by atomic mass is 10.1. The highest BCUT2D eigenvalue weighted by atomic mass is 79.9. The molecule has 0 N–H and O–H groups in total. The number of halogens is 1. The highest BCUT2D eigenvalue weighted by Crippen LogP contribution is 2.21. The fraction of sp³-hybridized carbons (Fsp3) is 0.192. The van der Waals surface area contributed by atoms with Crippen LogP contribution in [0.1, 0.15) is 43.1 Å². The van der Waals surface area contributed by atoms with E-state index in [2.05, 4.69) is 34.9 Å². The quantitative estimate of drug-likeness (QED) is 0.293. The Morgan fingerprint density at radius 3 is 2.69 bits per heavy atom. The van der Waals surface area contributed by atoms with Crippen LogP contribution in [0.15, 0.2) is 87.2 Å². The molecule has 0 fully saturated rings. The van der Waals surface area contributed by atoms with E-state index in [4.69, 9.17) is 9.72 Å². The normalized spacial score (nSPS) is 12.3. The largest absolute Gasteiger partial charge is 0.489 e. The molecule has 0 saturated carbocycles. The summed E-state index contributed by atoms with van der Waals surface area (Å²) in [6.45, 7) is 4.61. The van der Waals surface area contributed by atoms with Gasteiger partial charge in [-0.1, -0.05) is 72.2 Å². The lowest BCUT2D eigenvalue weighted by molar-refractivity contribution is 0.306. The average molecular weight is 490 g/mol. The Morgan fingerprint density at radius 1 is 1.09 bits per heavy atom. The van der Waals surface area contributed by atoms with Crippen LogP contribution in [-0.2, 0) is 6.61 Å². The molecule has 162 valence electrons. The third kappa shape index (κ3) is 4.97. The van der Waals surface area contributed by atoms with Crippen LogP contribution < -0.4 is 10.3 Å². The maximum absolute atomic E-state index is 13.2. The van der Waals surface area contributed by atoms with Crippen molar-refractivity contribution in [3.63, 3.8) is 0 Å². The van der Waals surface area contributed by atoms with E-state index in [1.165, 1.54) is 4.68 Å². The Bertz CT molecular complexity index is 1320. The summed E-state index contributed by atoms with van der Waals surface area (Å²) in [5.41, 5.74) is 2.44. The zero-order chi connectivity index (χ0) is 22.5. The number of rotatable bonds is 7. The SMILES string of the molecule is CC[C@H](C)c1nc2ccc(Br)cc2c(=O)n1N=Cc1cccc(OCc2ccccc2)c1. The molecule has 1 heterocycles. The molecule has 0 unspecified atom stereocenters. The standard InChI is InChI=1S/C26H24BrN3O2/c1-3-18(2)25-29-24-13-12-21(27)15-23(24)26(31)30(25)28-16-20-10-7-11-22(14-20)32-17-19-8-5-4-6-9-19/h4-16,18H,3,17H2,1-2H3/t18-/m0/s1. The van der Waals surface area contributed by atoms with Crippen LogP contribution in [0.25, 0.3) is 10.9 Å². The predicted molar refractivity (Wildman–Crippen MR) is 133 cm³/mol. The number of nitrogens with zero attached hydrogens (tertiary/aromatic N) is 3. The van der Waals surface area contributed by atoms with E-state index in [1.807, 2.05) is 66.7 Å². The Morgan fingerprint density at radius 2 is 1.91 bits per heavy atom. The Hall–Kier alpha value is -3.25. The molecule has 0 aliphatic carbocycles. The van der Waals surface area contributed by atoms with Gasteiger partial charge in [0.2, 0.25) is 0 Å². The van der Waals surface area contributed by atoms with Gasteiger partial charge in [0, 0.05) is 10.4 Å². The molecule has 0 amide bonds. The van der Waals surface area contributed by atoms with Gasteiger partial charge in [0.15, 0.2) is 0 Å². The van der Waals surface area contributed by atoms with Gasteiger partial charge in [-0.2, -0.15) is 9.78 Å². The van der Waals surface area contributed by atoms with Crippen LogP contribution >= 0.6 is 15.9 Å². The molecule has 3 aromatic carbocycles. The molecule has 0 spiro atoms. The number of benzene rings is 3. The summed E-state index contributed by atoms with van der Waals surface area (Å²) in [6, 6.07) is 23.2. The molecular weight excluding hydrogens is 466 g/mol. The van der Waals surface area contributed by atoms with E-state index in [0.717, 1.165) is 27.8 Å². The average Bonchev–Trinajstić information content (AvgIpc) is 2.83. The monoisotopic (exact) mass is 489 g/mol. The summed E-state index contributed by atoms with van der Waals surface area (Å²) in [4.78, 5) is 18.0. The van der Waals surface area contributed by atoms with E-state index in [1.54, 1.807) is 12.3 Å². The van der Waals surface area contributed by atoms with Crippen molar-refractivity contribution in [2.24, 2.45) is 5.10 Å². The molecule has 4 rings (SSSR count). The molecule has 0 radical (unpaired) electrons. The van der Waals surface area contributed by atoms with E-state index in [9.17, 15) is 4.79 Å². The fourth-order valence-corrected chi connectivity index (χ4v) is 3.69. The molecule has 4 aromatic rings. The second kappa shape index (κ2) is 9.92. The Labute approximate surface area is 195 Å². The molecule has 1 atom stereocenters. The van der Waals surface area contributed by atoms with Crippen LogP contribution in [-0.4, -0.2) is 15.9 Å². The van der Waals surface area contributed by atoms with Gasteiger partial charge in [0.25, 0.3) is 5.56 Å². The van der Waals surface area contributed by atoms with Gasteiger partial charge >= 0.3 is 0 Å². The molecule has 0 saturated heterocycles. The minimum atomic E-state index is -0.181. The van der Waals surface area contributed by atoms with Gasteiger partial charge in [0.1, 0.15) is 18.2 Å². The molecule has 5 nitrogen and oxygen atoms in total. The minimum absolute atomic E-state index is 0.0911. The Kier molecular flexibility index (Phi) is 6.81. The van der Waals surface area contributed by atoms with Crippen LogP contribution in [0.3, 0.4) is 0 Å². The van der Waals surface area contributed by atoms with Gasteiger partial charge in [0.05, 0.1) is 17.1 Å². The van der Waals surface area contributed by atoms with Gasteiger partial charge in [-0.25, -0.2) is 4.98 Å². The summed E-state index contributed by atoms with van der Waals surface area (Å²) < 4.78 is 8.16. The molecule has 0 aliphatic heterocycles. The predicted octanol–water partition coefficient (Wildman–Crippen LogP) is 6.13. The van der Waals surface area contributed by atoms with E-state index in [0.29, 0.717) is 23.3 Å². The summed E-state index contributed by atoms with van der Waals surface area (Å²) in [6.07, 6.45) is 2.53. The van der Waals surface area contributed by atoms with Crippen molar-refractivity contribution in [1.29, 1.82) is 0 Å². The topological polar surface area (TPSA) is 56.5 Å². The van der Waals surface area contributed by atoms with Gasteiger partial charge in [-0.15, -0.1) is 0 Å². The van der Waals surface area contributed by atoms with Crippen molar-refractivity contribution in [3.8, 4) is 5.75 Å². The van der Waals surface area contributed by atoms with E-state index in [-0.39, 0.29) is 11.5 Å². The molecule has 0 aliphatic rings. The highest BCUT2D eigenvalue weighted by molar-refractivity contribution is 9.10. The van der Waals surface area contributed by atoms with Gasteiger partial charge in [-0.3, -0.25) is 4.79 Å². The lowest BCUT2D eigenvalue weighted by Crippen LogP contribution is -2.23. The van der Waals surface area contributed by atoms with Gasteiger partial charge in [-0.05, 0) is 47.9 Å². The number of ether oxygens (including phenoxy) is 1. The summed E-state index contributed by atoms with van der Waals surface area (Å²) >= 11 is 3.44. The molecule has 6 heteroatoms. The third-order valence-electron chi connectivity index (χ3n) is 5.32. The Balaban J connectivity index is 1.66. The van der Waals surface area contributed by atoms with Crippen molar-refractivity contribution < 1.29 is 4.74 Å². The first kappa shape index (κ1) is 22.0. The number of fused-ring (bicyclic) bond motifs is 1.